The first-order chi connectivity index (χ1) is 9.22. The third-order valence-electron chi connectivity index (χ3n) is 4.77. The van der Waals surface area contributed by atoms with Gasteiger partial charge in [0.1, 0.15) is 0 Å². The molecule has 0 spiro atoms. The molecule has 116 valence electrons. The molecule has 0 aromatic heterocycles. The number of fused-ring (bicyclic) bond motifs is 2. The van der Waals surface area contributed by atoms with Gasteiger partial charge in [-0.1, -0.05) is 20.3 Å². The Morgan fingerprint density at radius 2 is 1.85 bits per heavy atom. The van der Waals surface area contributed by atoms with Crippen LogP contribution in [0.1, 0.15) is 39.5 Å². The molecule has 5 nitrogen and oxygen atoms in total. The molecule has 2 bridgehead atoms. The van der Waals surface area contributed by atoms with Crippen molar-refractivity contribution in [2.24, 2.45) is 17.8 Å². The van der Waals surface area contributed by atoms with Crippen LogP contribution in [0, 0.1) is 17.8 Å². The molecule has 4 atom stereocenters. The highest BCUT2D eigenvalue weighted by Gasteiger charge is 2.47. The molecule has 2 rings (SSSR count). The van der Waals surface area contributed by atoms with Gasteiger partial charge in [-0.2, -0.15) is 0 Å². The number of amides is 1. The minimum Gasteiger partial charge on any atom is -0.298 e. The van der Waals surface area contributed by atoms with Crippen LogP contribution in [0.3, 0.4) is 0 Å². The molecule has 1 amide bonds. The lowest BCUT2D eigenvalue weighted by atomic mass is 10.0. The Kier molecular flexibility index (Phi) is 4.44. The number of nitrogens with one attached hydrogen (secondary N) is 1. The smallest absolute Gasteiger partial charge is 0.251 e. The fraction of sp³-hybridized carbons (Fsp3) is 0.929. The quantitative estimate of drug-likeness (QED) is 0.829. The van der Waals surface area contributed by atoms with Crippen molar-refractivity contribution in [2.45, 2.75) is 50.8 Å². The van der Waals surface area contributed by atoms with Gasteiger partial charge in [0.05, 0.1) is 11.3 Å². The number of likely N-dealkylation sites (N-methyl/N-ethyl adjacent to an activating group) is 1. The molecule has 6 heteroatoms. The zero-order chi connectivity index (χ0) is 15.1. The molecule has 0 aliphatic heterocycles. The van der Waals surface area contributed by atoms with Crippen LogP contribution in [-0.4, -0.2) is 44.6 Å². The van der Waals surface area contributed by atoms with Crippen molar-refractivity contribution in [1.82, 2.24) is 9.62 Å². The number of nitrogens with zero attached hydrogens (tertiary/aromatic N) is 1. The van der Waals surface area contributed by atoms with E-state index in [1.807, 2.05) is 13.8 Å². The van der Waals surface area contributed by atoms with Gasteiger partial charge in [-0.05, 0) is 51.1 Å². The molecule has 1 unspecified atom stereocenters. The van der Waals surface area contributed by atoms with E-state index in [2.05, 4.69) is 4.72 Å². The van der Waals surface area contributed by atoms with E-state index < -0.39 is 22.0 Å². The molecule has 0 radical (unpaired) electrons. The molecule has 0 saturated heterocycles. The third-order valence-corrected chi connectivity index (χ3v) is 6.63. The van der Waals surface area contributed by atoms with Crippen LogP contribution in [0.2, 0.25) is 0 Å². The second kappa shape index (κ2) is 5.64. The highest BCUT2D eigenvalue weighted by Crippen LogP contribution is 2.47. The van der Waals surface area contributed by atoms with E-state index in [0.29, 0.717) is 5.92 Å². The number of carbonyl (C=O) groups is 1. The molecule has 1 N–H and O–H groups in total. The number of hydrogen-bond donors (Lipinski definition) is 1. The summed E-state index contributed by atoms with van der Waals surface area (Å²) in [5.41, 5.74) is 0. The van der Waals surface area contributed by atoms with Crippen molar-refractivity contribution >= 4 is 15.9 Å². The second-order valence-corrected chi connectivity index (χ2v) is 8.78. The first-order valence-corrected chi connectivity index (χ1v) is 8.99. The Hall–Kier alpha value is -0.620. The van der Waals surface area contributed by atoms with E-state index in [0.717, 1.165) is 25.7 Å². The van der Waals surface area contributed by atoms with Crippen LogP contribution >= 0.6 is 0 Å². The molecule has 0 aromatic carbocycles. The maximum Gasteiger partial charge on any atom is 0.251 e. The van der Waals surface area contributed by atoms with E-state index in [-0.39, 0.29) is 17.1 Å². The summed E-state index contributed by atoms with van der Waals surface area (Å²) in [6.45, 7) is 3.85. The van der Waals surface area contributed by atoms with Gasteiger partial charge in [-0.3, -0.25) is 14.4 Å². The van der Waals surface area contributed by atoms with E-state index in [4.69, 9.17) is 0 Å². The number of carbonyl (C=O) groups excluding carboxylic acids is 1. The van der Waals surface area contributed by atoms with Gasteiger partial charge >= 0.3 is 0 Å². The van der Waals surface area contributed by atoms with Gasteiger partial charge in [0.15, 0.2) is 0 Å². The standard InChI is InChI=1S/C14H26N2O3S/c1-9(2)13(16(3)4)14(17)15-20(18,19)12-8-10-5-6-11(12)7-10/h9-13H,5-8H2,1-4H3,(H,15,17)/t10-,11+,12?,13-/m1/s1. The predicted octanol–water partition coefficient (Wildman–Crippen LogP) is 1.21. The topological polar surface area (TPSA) is 66.5 Å². The maximum absolute atomic E-state index is 12.4. The number of rotatable bonds is 5. The van der Waals surface area contributed by atoms with Gasteiger partial charge in [0, 0.05) is 0 Å². The van der Waals surface area contributed by atoms with Crippen LogP contribution < -0.4 is 4.72 Å². The van der Waals surface area contributed by atoms with Gasteiger partial charge < -0.3 is 0 Å². The van der Waals surface area contributed by atoms with E-state index in [1.165, 1.54) is 0 Å². The van der Waals surface area contributed by atoms with Crippen molar-refractivity contribution in [3.05, 3.63) is 0 Å². The molecule has 0 heterocycles. The van der Waals surface area contributed by atoms with Crippen molar-refractivity contribution in [3.63, 3.8) is 0 Å². The van der Waals surface area contributed by atoms with Crippen molar-refractivity contribution < 1.29 is 13.2 Å². The summed E-state index contributed by atoms with van der Waals surface area (Å²) >= 11 is 0. The lowest BCUT2D eigenvalue weighted by molar-refractivity contribution is -0.125. The van der Waals surface area contributed by atoms with Crippen LogP contribution in [-0.2, 0) is 14.8 Å². The minimum absolute atomic E-state index is 0.0697. The first-order valence-electron chi connectivity index (χ1n) is 7.44. The molecular formula is C14H26N2O3S. The van der Waals surface area contributed by atoms with Crippen LogP contribution in [0.4, 0.5) is 0 Å². The maximum atomic E-state index is 12.4. The van der Waals surface area contributed by atoms with E-state index in [9.17, 15) is 13.2 Å². The zero-order valence-electron chi connectivity index (χ0n) is 12.8. The highest BCUT2D eigenvalue weighted by molar-refractivity contribution is 7.90. The lowest BCUT2D eigenvalue weighted by Crippen LogP contribution is -2.51. The predicted molar refractivity (Wildman–Crippen MR) is 78.6 cm³/mol. The Morgan fingerprint density at radius 1 is 1.20 bits per heavy atom. The largest absolute Gasteiger partial charge is 0.298 e. The molecule has 20 heavy (non-hydrogen) atoms. The molecular weight excluding hydrogens is 276 g/mol. The summed E-state index contributed by atoms with van der Waals surface area (Å²) in [6, 6.07) is -0.414. The lowest BCUT2D eigenvalue weighted by Gasteiger charge is -2.28. The summed E-state index contributed by atoms with van der Waals surface area (Å²) in [4.78, 5) is 14.0. The number of sulfonamides is 1. The van der Waals surface area contributed by atoms with Crippen molar-refractivity contribution in [3.8, 4) is 0 Å². The highest BCUT2D eigenvalue weighted by atomic mass is 32.2. The average Bonchev–Trinajstić information content (AvgIpc) is 2.88. The molecule has 2 fully saturated rings. The monoisotopic (exact) mass is 302 g/mol. The van der Waals surface area contributed by atoms with Gasteiger partial charge in [-0.15, -0.1) is 0 Å². The minimum atomic E-state index is -3.53. The third kappa shape index (κ3) is 3.01. The Morgan fingerprint density at radius 3 is 2.25 bits per heavy atom. The summed E-state index contributed by atoms with van der Waals surface area (Å²) in [6.07, 6.45) is 3.88. The van der Waals surface area contributed by atoms with E-state index in [1.54, 1.807) is 19.0 Å². The molecule has 2 aliphatic carbocycles. The fourth-order valence-electron chi connectivity index (χ4n) is 3.98. The SMILES string of the molecule is CC(C)[C@H](C(=O)NS(=O)(=O)C1C[C@@H]2CC[C@H]1C2)N(C)C. The zero-order valence-corrected chi connectivity index (χ0v) is 13.6. The second-order valence-electron chi connectivity index (χ2n) is 6.88. The summed E-state index contributed by atoms with van der Waals surface area (Å²) in [5.74, 6) is 0.474. The Bertz CT molecular complexity index is 465. The van der Waals surface area contributed by atoms with Gasteiger partial charge in [0.25, 0.3) is 5.91 Å². The van der Waals surface area contributed by atoms with E-state index >= 15 is 0 Å². The molecule has 2 aliphatic rings. The fourth-order valence-corrected chi connectivity index (χ4v) is 5.81. The number of hydrogen-bond acceptors (Lipinski definition) is 4. The van der Waals surface area contributed by atoms with Crippen molar-refractivity contribution in [2.75, 3.05) is 14.1 Å². The summed E-state index contributed by atoms with van der Waals surface area (Å²) in [7, 11) is 0.0716. The molecule has 2 saturated carbocycles. The van der Waals surface area contributed by atoms with Crippen LogP contribution in [0.25, 0.3) is 0 Å². The van der Waals surface area contributed by atoms with Gasteiger partial charge in [-0.25, -0.2) is 8.42 Å². The molecule has 0 aromatic rings. The first kappa shape index (κ1) is 15.8. The van der Waals surface area contributed by atoms with Crippen molar-refractivity contribution in [1.29, 1.82) is 0 Å². The van der Waals surface area contributed by atoms with Gasteiger partial charge in [0.2, 0.25) is 10.0 Å². The normalized spacial score (nSPS) is 31.0. The Labute approximate surface area is 122 Å². The van der Waals surface area contributed by atoms with Crippen LogP contribution in [0.5, 0.6) is 0 Å². The average molecular weight is 302 g/mol. The van der Waals surface area contributed by atoms with Crippen LogP contribution in [0.15, 0.2) is 0 Å². The Balaban J connectivity index is 2.06. The summed E-state index contributed by atoms with van der Waals surface area (Å²) in [5, 5.41) is -0.361. The summed E-state index contributed by atoms with van der Waals surface area (Å²) < 4.78 is 27.2.